The molecule has 1 fully saturated rings. The molecule has 1 N–H and O–H groups in total. The van der Waals surface area contributed by atoms with E-state index in [1.54, 1.807) is 18.1 Å². The first kappa shape index (κ1) is 18.2. The molecule has 0 spiro atoms. The molecular weight excluding hydrogens is 304 g/mol. The monoisotopic (exact) mass is 332 g/mol. The largest absolute Gasteiger partial charge is 0.344 e. The lowest BCUT2D eigenvalue weighted by Crippen LogP contribution is -2.48. The maximum Gasteiger partial charge on any atom is 0.317 e. The van der Waals surface area contributed by atoms with E-state index in [9.17, 15) is 9.59 Å². The molecule has 1 atom stereocenters. The zero-order chi connectivity index (χ0) is 17.4. The average Bonchev–Trinajstić information content (AvgIpc) is 2.64. The number of nitrogens with one attached hydrogen (secondary N) is 1. The fourth-order valence-corrected chi connectivity index (χ4v) is 2.93. The fraction of sp³-hybridized carbons (Fsp3) is 0.611. The molecule has 0 aromatic carbocycles. The summed E-state index contributed by atoms with van der Waals surface area (Å²) in [4.78, 5) is 32.1. The molecule has 1 aromatic rings. The van der Waals surface area contributed by atoms with Crippen LogP contribution in [-0.4, -0.2) is 59.9 Å². The van der Waals surface area contributed by atoms with Gasteiger partial charge >= 0.3 is 6.03 Å². The van der Waals surface area contributed by atoms with Gasteiger partial charge in [0.2, 0.25) is 5.91 Å². The standard InChI is InChI=1S/C18H28N4O2/c1-3-15-7-6-11-22(14-15)18(24)20-13-17(23)21(2)12-9-16-8-4-5-10-19-16/h4-5,8,10,15H,3,6-7,9,11-14H2,1-2H3,(H,20,24). The van der Waals surface area contributed by atoms with Crippen LogP contribution in [0.1, 0.15) is 31.9 Å². The molecule has 6 heteroatoms. The number of nitrogens with zero attached hydrogens (tertiary/aromatic N) is 3. The molecule has 0 aliphatic carbocycles. The van der Waals surface area contributed by atoms with Gasteiger partial charge in [0.1, 0.15) is 0 Å². The van der Waals surface area contributed by atoms with Crippen molar-refractivity contribution in [2.75, 3.05) is 33.2 Å². The predicted molar refractivity (Wildman–Crippen MR) is 93.6 cm³/mol. The van der Waals surface area contributed by atoms with Crippen LogP contribution in [0.2, 0.25) is 0 Å². The zero-order valence-corrected chi connectivity index (χ0v) is 14.7. The summed E-state index contributed by atoms with van der Waals surface area (Å²) >= 11 is 0. The van der Waals surface area contributed by atoms with Gasteiger partial charge in [0.15, 0.2) is 0 Å². The molecule has 1 saturated heterocycles. The summed E-state index contributed by atoms with van der Waals surface area (Å²) in [5.41, 5.74) is 0.958. The van der Waals surface area contributed by atoms with Crippen molar-refractivity contribution in [1.82, 2.24) is 20.1 Å². The normalized spacial score (nSPS) is 17.4. The van der Waals surface area contributed by atoms with E-state index < -0.39 is 0 Å². The third-order valence-corrected chi connectivity index (χ3v) is 4.63. The van der Waals surface area contributed by atoms with Crippen LogP contribution in [0.15, 0.2) is 24.4 Å². The van der Waals surface area contributed by atoms with Crippen molar-refractivity contribution in [3.63, 3.8) is 0 Å². The minimum atomic E-state index is -0.125. The van der Waals surface area contributed by atoms with Gasteiger partial charge in [0, 0.05) is 45.0 Å². The molecule has 2 rings (SSSR count). The second-order valence-electron chi connectivity index (χ2n) is 6.41. The lowest BCUT2D eigenvalue weighted by molar-refractivity contribution is -0.128. The number of hydrogen-bond donors (Lipinski definition) is 1. The van der Waals surface area contributed by atoms with Gasteiger partial charge in [0.25, 0.3) is 0 Å². The minimum Gasteiger partial charge on any atom is -0.344 e. The maximum absolute atomic E-state index is 12.2. The van der Waals surface area contributed by atoms with Crippen molar-refractivity contribution in [3.05, 3.63) is 30.1 Å². The highest BCUT2D eigenvalue weighted by molar-refractivity contribution is 5.83. The molecule has 24 heavy (non-hydrogen) atoms. The number of urea groups is 1. The fourth-order valence-electron chi connectivity index (χ4n) is 2.93. The molecule has 1 aliphatic heterocycles. The number of carbonyl (C=O) groups is 2. The van der Waals surface area contributed by atoms with Gasteiger partial charge in [-0.2, -0.15) is 0 Å². The van der Waals surface area contributed by atoms with Gasteiger partial charge in [-0.3, -0.25) is 9.78 Å². The molecule has 1 aliphatic rings. The number of aromatic nitrogens is 1. The van der Waals surface area contributed by atoms with Gasteiger partial charge in [-0.25, -0.2) is 4.79 Å². The lowest BCUT2D eigenvalue weighted by atomic mass is 9.96. The van der Waals surface area contributed by atoms with Crippen LogP contribution < -0.4 is 5.32 Å². The predicted octanol–water partition coefficient (Wildman–Crippen LogP) is 1.91. The average molecular weight is 332 g/mol. The first-order chi connectivity index (χ1) is 11.6. The van der Waals surface area contributed by atoms with Gasteiger partial charge < -0.3 is 15.1 Å². The van der Waals surface area contributed by atoms with E-state index in [-0.39, 0.29) is 18.5 Å². The van der Waals surface area contributed by atoms with Crippen LogP contribution in [0.25, 0.3) is 0 Å². The number of likely N-dealkylation sites (tertiary alicyclic amines) is 1. The first-order valence-corrected chi connectivity index (χ1v) is 8.76. The molecule has 3 amide bonds. The Bertz CT molecular complexity index is 535. The Kier molecular flexibility index (Phi) is 7.03. The van der Waals surface area contributed by atoms with Crippen molar-refractivity contribution >= 4 is 11.9 Å². The molecule has 6 nitrogen and oxygen atoms in total. The molecule has 0 saturated carbocycles. The van der Waals surface area contributed by atoms with Crippen molar-refractivity contribution in [2.45, 2.75) is 32.6 Å². The Hall–Kier alpha value is -2.11. The van der Waals surface area contributed by atoms with E-state index in [4.69, 9.17) is 0 Å². The van der Waals surface area contributed by atoms with Gasteiger partial charge in [-0.1, -0.05) is 19.4 Å². The van der Waals surface area contributed by atoms with Crippen molar-refractivity contribution in [3.8, 4) is 0 Å². The summed E-state index contributed by atoms with van der Waals surface area (Å²) in [6.45, 7) is 4.38. The molecule has 0 bridgehead atoms. The summed E-state index contributed by atoms with van der Waals surface area (Å²) in [5, 5.41) is 2.76. The summed E-state index contributed by atoms with van der Waals surface area (Å²) in [5.74, 6) is 0.504. The molecular formula is C18H28N4O2. The smallest absolute Gasteiger partial charge is 0.317 e. The van der Waals surface area contributed by atoms with Crippen molar-refractivity contribution in [1.29, 1.82) is 0 Å². The molecule has 1 unspecified atom stereocenters. The summed E-state index contributed by atoms with van der Waals surface area (Å²) in [7, 11) is 1.76. The quantitative estimate of drug-likeness (QED) is 0.865. The molecule has 1 aromatic heterocycles. The van der Waals surface area contributed by atoms with Crippen LogP contribution in [0.3, 0.4) is 0 Å². The van der Waals surface area contributed by atoms with E-state index >= 15 is 0 Å². The molecule has 0 radical (unpaired) electrons. The summed E-state index contributed by atoms with van der Waals surface area (Å²) in [6.07, 6.45) is 5.79. The Morgan fingerprint density at radius 2 is 2.25 bits per heavy atom. The van der Waals surface area contributed by atoms with E-state index in [0.29, 0.717) is 18.9 Å². The number of likely N-dealkylation sites (N-methyl/N-ethyl adjacent to an activating group) is 1. The second-order valence-corrected chi connectivity index (χ2v) is 6.41. The zero-order valence-electron chi connectivity index (χ0n) is 14.7. The molecule has 132 valence electrons. The molecule has 2 heterocycles. The lowest BCUT2D eigenvalue weighted by Gasteiger charge is -2.32. The highest BCUT2D eigenvalue weighted by atomic mass is 16.2. The van der Waals surface area contributed by atoms with E-state index in [1.807, 2.05) is 23.1 Å². The van der Waals surface area contributed by atoms with Crippen LogP contribution >= 0.6 is 0 Å². The topological polar surface area (TPSA) is 65.5 Å². The van der Waals surface area contributed by atoms with Crippen LogP contribution in [0, 0.1) is 5.92 Å². The van der Waals surface area contributed by atoms with Crippen LogP contribution in [0.5, 0.6) is 0 Å². The maximum atomic E-state index is 12.2. The van der Waals surface area contributed by atoms with E-state index in [1.165, 1.54) is 6.42 Å². The highest BCUT2D eigenvalue weighted by Gasteiger charge is 2.23. The van der Waals surface area contributed by atoms with Crippen LogP contribution in [0.4, 0.5) is 4.79 Å². The third-order valence-electron chi connectivity index (χ3n) is 4.63. The Labute approximate surface area is 144 Å². The highest BCUT2D eigenvalue weighted by Crippen LogP contribution is 2.18. The summed E-state index contributed by atoms with van der Waals surface area (Å²) < 4.78 is 0. The number of carbonyl (C=O) groups excluding carboxylic acids is 2. The van der Waals surface area contributed by atoms with E-state index in [2.05, 4.69) is 17.2 Å². The van der Waals surface area contributed by atoms with Gasteiger partial charge in [-0.05, 0) is 30.9 Å². The third kappa shape index (κ3) is 5.51. The van der Waals surface area contributed by atoms with Crippen molar-refractivity contribution in [2.24, 2.45) is 5.92 Å². The van der Waals surface area contributed by atoms with Gasteiger partial charge in [0.05, 0.1) is 6.54 Å². The first-order valence-electron chi connectivity index (χ1n) is 8.76. The Morgan fingerprint density at radius 3 is 2.96 bits per heavy atom. The van der Waals surface area contributed by atoms with Gasteiger partial charge in [-0.15, -0.1) is 0 Å². The Balaban J connectivity index is 1.70. The Morgan fingerprint density at radius 1 is 1.42 bits per heavy atom. The van der Waals surface area contributed by atoms with E-state index in [0.717, 1.165) is 31.6 Å². The second kappa shape index (κ2) is 9.25. The van der Waals surface area contributed by atoms with Crippen LogP contribution in [-0.2, 0) is 11.2 Å². The number of piperidine rings is 1. The number of amides is 3. The number of rotatable bonds is 6. The number of pyridine rings is 1. The number of hydrogen-bond acceptors (Lipinski definition) is 3. The SMILES string of the molecule is CCC1CCCN(C(=O)NCC(=O)N(C)CCc2ccccn2)C1. The van der Waals surface area contributed by atoms with Crippen molar-refractivity contribution < 1.29 is 9.59 Å². The summed E-state index contributed by atoms with van der Waals surface area (Å²) in [6, 6.07) is 5.63. The minimum absolute atomic E-state index is 0.0465.